The molecule has 8 heteroatoms. The molecule has 0 saturated carbocycles. The zero-order valence-corrected chi connectivity index (χ0v) is 19.7. The van der Waals surface area contributed by atoms with Crippen molar-refractivity contribution in [1.29, 1.82) is 0 Å². The summed E-state index contributed by atoms with van der Waals surface area (Å²) in [7, 11) is 5.60. The second-order valence-electron chi connectivity index (χ2n) is 8.17. The average molecular weight is 434 g/mol. The molecule has 1 aliphatic rings. The van der Waals surface area contributed by atoms with Crippen molar-refractivity contribution >= 4 is 11.9 Å². The van der Waals surface area contributed by atoms with E-state index in [4.69, 9.17) is 9.47 Å². The van der Waals surface area contributed by atoms with Gasteiger partial charge in [0, 0.05) is 65.6 Å². The fourth-order valence-electron chi connectivity index (χ4n) is 3.65. The van der Waals surface area contributed by atoms with Gasteiger partial charge in [0.05, 0.1) is 12.2 Å². The van der Waals surface area contributed by atoms with Gasteiger partial charge in [-0.15, -0.1) is 0 Å². The second-order valence-corrected chi connectivity index (χ2v) is 8.17. The minimum absolute atomic E-state index is 0.0635. The third-order valence-corrected chi connectivity index (χ3v) is 5.27. The second kappa shape index (κ2) is 13.3. The quantitative estimate of drug-likeness (QED) is 0.331. The Morgan fingerprint density at radius 2 is 1.87 bits per heavy atom. The molecule has 1 fully saturated rings. The Kier molecular flexibility index (Phi) is 10.8. The fraction of sp³-hybridized carbons (Fsp3) is 0.652. The van der Waals surface area contributed by atoms with Crippen molar-refractivity contribution in [3.05, 3.63) is 35.4 Å². The Labute approximate surface area is 187 Å². The van der Waals surface area contributed by atoms with E-state index in [1.165, 1.54) is 0 Å². The van der Waals surface area contributed by atoms with Crippen LogP contribution in [-0.4, -0.2) is 94.4 Å². The molecule has 0 aliphatic carbocycles. The molecule has 2 atom stereocenters. The van der Waals surface area contributed by atoms with Crippen LogP contribution < -0.4 is 10.6 Å². The lowest BCUT2D eigenvalue weighted by atomic mass is 10.1. The Balaban J connectivity index is 1.75. The molecule has 8 nitrogen and oxygen atoms in total. The number of aliphatic imine (C=N–C) groups is 1. The van der Waals surface area contributed by atoms with Crippen LogP contribution >= 0.6 is 0 Å². The molecule has 1 heterocycles. The number of likely N-dealkylation sites (N-methyl/N-ethyl adjacent to an activating group) is 1. The van der Waals surface area contributed by atoms with E-state index in [-0.39, 0.29) is 18.1 Å². The van der Waals surface area contributed by atoms with E-state index in [1.807, 2.05) is 43.0 Å². The average Bonchev–Trinajstić information content (AvgIpc) is 2.75. The summed E-state index contributed by atoms with van der Waals surface area (Å²) < 4.78 is 10.8. The summed E-state index contributed by atoms with van der Waals surface area (Å²) >= 11 is 0. The van der Waals surface area contributed by atoms with Crippen LogP contribution in [0.5, 0.6) is 0 Å². The number of benzene rings is 1. The molecule has 0 aromatic heterocycles. The Morgan fingerprint density at radius 3 is 2.48 bits per heavy atom. The summed E-state index contributed by atoms with van der Waals surface area (Å²) in [4.78, 5) is 21.2. The number of ether oxygens (including phenoxy) is 2. The topological polar surface area (TPSA) is 78.4 Å². The standard InChI is InChI=1S/C23H39N5O3/c1-18-16-28(17-19(2)31-18)22(29)21-9-7-20(8-10-21)15-26-23(24-3)25-11-13-27(4)12-6-14-30-5/h7-10,18-19H,6,11-17H2,1-5H3,(H2,24,25,26). The van der Waals surface area contributed by atoms with Crippen LogP contribution in [0.1, 0.15) is 36.2 Å². The molecule has 1 saturated heterocycles. The third kappa shape index (κ3) is 8.85. The number of carbonyl (C=O) groups is 1. The molecule has 1 amide bonds. The fourth-order valence-corrected chi connectivity index (χ4v) is 3.65. The Morgan fingerprint density at radius 1 is 1.19 bits per heavy atom. The van der Waals surface area contributed by atoms with Crippen molar-refractivity contribution in [2.45, 2.75) is 39.0 Å². The van der Waals surface area contributed by atoms with Gasteiger partial charge in [-0.3, -0.25) is 9.79 Å². The summed E-state index contributed by atoms with van der Waals surface area (Å²) in [5.41, 5.74) is 1.81. The lowest BCUT2D eigenvalue weighted by Crippen LogP contribution is -2.48. The molecule has 31 heavy (non-hydrogen) atoms. The molecule has 2 rings (SSSR count). The van der Waals surface area contributed by atoms with Gasteiger partial charge in [-0.1, -0.05) is 12.1 Å². The number of nitrogens with one attached hydrogen (secondary N) is 2. The van der Waals surface area contributed by atoms with Crippen LogP contribution in [-0.2, 0) is 16.0 Å². The monoisotopic (exact) mass is 433 g/mol. The van der Waals surface area contributed by atoms with E-state index in [1.54, 1.807) is 14.2 Å². The molecule has 1 aromatic rings. The number of hydrogen-bond acceptors (Lipinski definition) is 5. The van der Waals surface area contributed by atoms with Crippen molar-refractivity contribution in [2.24, 2.45) is 4.99 Å². The number of guanidine groups is 1. The molecule has 2 N–H and O–H groups in total. The first-order valence-electron chi connectivity index (χ1n) is 11.1. The van der Waals surface area contributed by atoms with Crippen molar-refractivity contribution in [2.75, 3.05) is 60.5 Å². The van der Waals surface area contributed by atoms with Gasteiger partial charge in [0.25, 0.3) is 5.91 Å². The minimum Gasteiger partial charge on any atom is -0.385 e. The molecular formula is C23H39N5O3. The van der Waals surface area contributed by atoms with E-state index >= 15 is 0 Å². The van der Waals surface area contributed by atoms with E-state index in [9.17, 15) is 4.79 Å². The van der Waals surface area contributed by atoms with Crippen molar-refractivity contribution in [3.8, 4) is 0 Å². The van der Waals surface area contributed by atoms with Gasteiger partial charge in [-0.2, -0.15) is 0 Å². The number of carbonyl (C=O) groups excluding carboxylic acids is 1. The van der Waals surface area contributed by atoms with E-state index in [2.05, 4.69) is 27.6 Å². The molecule has 0 bridgehead atoms. The number of amides is 1. The molecule has 0 spiro atoms. The smallest absolute Gasteiger partial charge is 0.254 e. The molecule has 1 aromatic carbocycles. The van der Waals surface area contributed by atoms with Gasteiger partial charge in [0.15, 0.2) is 5.96 Å². The summed E-state index contributed by atoms with van der Waals surface area (Å²) in [6, 6.07) is 7.78. The maximum Gasteiger partial charge on any atom is 0.254 e. The summed E-state index contributed by atoms with van der Waals surface area (Å²) in [5, 5.41) is 6.66. The van der Waals surface area contributed by atoms with E-state index in [0.717, 1.165) is 44.2 Å². The summed E-state index contributed by atoms with van der Waals surface area (Å²) in [6.45, 7) is 9.46. The maximum absolute atomic E-state index is 12.8. The van der Waals surface area contributed by atoms with Crippen LogP contribution in [0.2, 0.25) is 0 Å². The van der Waals surface area contributed by atoms with Crippen LogP contribution in [0.15, 0.2) is 29.3 Å². The van der Waals surface area contributed by atoms with Gasteiger partial charge in [0.2, 0.25) is 0 Å². The molecule has 0 radical (unpaired) electrons. The van der Waals surface area contributed by atoms with Crippen LogP contribution in [0, 0.1) is 0 Å². The van der Waals surface area contributed by atoms with Crippen LogP contribution in [0.3, 0.4) is 0 Å². The highest BCUT2D eigenvalue weighted by atomic mass is 16.5. The van der Waals surface area contributed by atoms with E-state index < -0.39 is 0 Å². The highest BCUT2D eigenvalue weighted by molar-refractivity contribution is 5.94. The lowest BCUT2D eigenvalue weighted by molar-refractivity contribution is -0.0586. The van der Waals surface area contributed by atoms with Crippen LogP contribution in [0.25, 0.3) is 0 Å². The van der Waals surface area contributed by atoms with Crippen molar-refractivity contribution in [3.63, 3.8) is 0 Å². The Bertz CT molecular complexity index is 685. The summed E-state index contributed by atoms with van der Waals surface area (Å²) in [5.74, 6) is 0.829. The minimum atomic E-state index is 0.0635. The Hall–Kier alpha value is -2.16. The molecule has 2 unspecified atom stereocenters. The molecular weight excluding hydrogens is 394 g/mol. The highest BCUT2D eigenvalue weighted by Gasteiger charge is 2.26. The highest BCUT2D eigenvalue weighted by Crippen LogP contribution is 2.15. The van der Waals surface area contributed by atoms with E-state index in [0.29, 0.717) is 25.2 Å². The van der Waals surface area contributed by atoms with Crippen molar-refractivity contribution in [1.82, 2.24) is 20.4 Å². The SMILES string of the molecule is CN=C(NCCN(C)CCCOC)NCc1ccc(C(=O)N2CC(C)OC(C)C2)cc1. The summed E-state index contributed by atoms with van der Waals surface area (Å²) in [6.07, 6.45) is 1.17. The van der Waals surface area contributed by atoms with Crippen molar-refractivity contribution < 1.29 is 14.3 Å². The van der Waals surface area contributed by atoms with Gasteiger partial charge >= 0.3 is 0 Å². The molecule has 174 valence electrons. The maximum atomic E-state index is 12.8. The third-order valence-electron chi connectivity index (χ3n) is 5.27. The number of rotatable bonds is 10. The van der Waals surface area contributed by atoms with Gasteiger partial charge < -0.3 is 29.9 Å². The first-order valence-corrected chi connectivity index (χ1v) is 11.1. The van der Waals surface area contributed by atoms with Gasteiger partial charge in [0.1, 0.15) is 0 Å². The number of hydrogen-bond donors (Lipinski definition) is 2. The van der Waals surface area contributed by atoms with Gasteiger partial charge in [-0.05, 0) is 45.0 Å². The lowest BCUT2D eigenvalue weighted by Gasteiger charge is -2.35. The number of methoxy groups -OCH3 is 1. The van der Waals surface area contributed by atoms with Gasteiger partial charge in [-0.25, -0.2) is 0 Å². The first-order chi connectivity index (χ1) is 14.9. The predicted octanol–water partition coefficient (Wildman–Crippen LogP) is 1.57. The predicted molar refractivity (Wildman–Crippen MR) is 125 cm³/mol. The number of nitrogens with zero attached hydrogens (tertiary/aromatic N) is 3. The zero-order valence-electron chi connectivity index (χ0n) is 19.7. The normalized spacial score (nSPS) is 19.5. The van der Waals surface area contributed by atoms with Crippen LogP contribution in [0.4, 0.5) is 0 Å². The zero-order chi connectivity index (χ0) is 22.6. The first kappa shape index (κ1) is 25.1. The number of morpholine rings is 1. The molecule has 1 aliphatic heterocycles. The largest absolute Gasteiger partial charge is 0.385 e.